The Balaban J connectivity index is 2.66. The summed E-state index contributed by atoms with van der Waals surface area (Å²) >= 11 is 9.60. The highest BCUT2D eigenvalue weighted by Crippen LogP contribution is 2.34. The van der Waals surface area contributed by atoms with Gasteiger partial charge in [0.25, 0.3) is 0 Å². The highest BCUT2D eigenvalue weighted by Gasteiger charge is 2.24. The van der Waals surface area contributed by atoms with Crippen LogP contribution in [0.5, 0.6) is 0 Å². The van der Waals surface area contributed by atoms with Crippen LogP contribution in [0.2, 0.25) is 5.15 Å². The van der Waals surface area contributed by atoms with Crippen molar-refractivity contribution in [2.75, 3.05) is 0 Å². The normalized spacial score (nSPS) is 11.9. The number of rotatable bonds is 1. The fraction of sp³-hybridized carbons (Fsp3) is 0.385. The molecule has 0 bridgehead atoms. The first-order chi connectivity index (χ1) is 8.30. The summed E-state index contributed by atoms with van der Waals surface area (Å²) in [6, 6.07) is 1.88. The molecule has 0 aliphatic heterocycles. The fourth-order valence-corrected chi connectivity index (χ4v) is 2.56. The molecule has 2 aromatic heterocycles. The molecule has 0 aromatic carbocycles. The van der Waals surface area contributed by atoms with Gasteiger partial charge in [-0.3, -0.25) is 0 Å². The zero-order valence-electron chi connectivity index (χ0n) is 10.7. The van der Waals surface area contributed by atoms with Gasteiger partial charge in [-0.1, -0.05) is 32.4 Å². The predicted molar refractivity (Wildman–Crippen MR) is 75.9 cm³/mol. The van der Waals surface area contributed by atoms with Crippen LogP contribution >= 0.6 is 27.5 Å². The Labute approximate surface area is 120 Å². The standard InChI is InChI=1S/C13H14BrClN2O/c1-7-5-6-18-9(7)12-16-10(13(2,3)4)8(14)11(15)17-12/h5-6H,1-4H3. The molecule has 3 nitrogen and oxygen atoms in total. The molecule has 18 heavy (non-hydrogen) atoms. The van der Waals surface area contributed by atoms with E-state index in [1.54, 1.807) is 6.26 Å². The van der Waals surface area contributed by atoms with E-state index in [9.17, 15) is 0 Å². The first-order valence-electron chi connectivity index (χ1n) is 5.58. The van der Waals surface area contributed by atoms with Crippen LogP contribution in [-0.2, 0) is 5.41 Å². The highest BCUT2D eigenvalue weighted by atomic mass is 79.9. The summed E-state index contributed by atoms with van der Waals surface area (Å²) in [5.41, 5.74) is 1.74. The maximum absolute atomic E-state index is 6.15. The van der Waals surface area contributed by atoms with Crippen LogP contribution in [0.15, 0.2) is 21.2 Å². The van der Waals surface area contributed by atoms with Gasteiger partial charge in [0.1, 0.15) is 5.15 Å². The lowest BCUT2D eigenvalue weighted by Gasteiger charge is -2.20. The molecule has 0 aliphatic rings. The summed E-state index contributed by atoms with van der Waals surface area (Å²) in [7, 11) is 0. The summed E-state index contributed by atoms with van der Waals surface area (Å²) < 4.78 is 6.15. The second kappa shape index (κ2) is 4.67. The Morgan fingerprint density at radius 3 is 2.44 bits per heavy atom. The minimum absolute atomic E-state index is 0.124. The number of nitrogens with zero attached hydrogens (tertiary/aromatic N) is 2. The molecular formula is C13H14BrClN2O. The number of hydrogen-bond donors (Lipinski definition) is 0. The zero-order valence-corrected chi connectivity index (χ0v) is 13.1. The van der Waals surface area contributed by atoms with Crippen molar-refractivity contribution in [1.82, 2.24) is 9.97 Å². The first-order valence-corrected chi connectivity index (χ1v) is 6.76. The third-order valence-corrected chi connectivity index (χ3v) is 3.84. The van der Waals surface area contributed by atoms with Crippen LogP contribution in [-0.4, -0.2) is 9.97 Å². The van der Waals surface area contributed by atoms with Crippen LogP contribution in [0, 0.1) is 6.92 Å². The number of furan rings is 1. The molecule has 5 heteroatoms. The van der Waals surface area contributed by atoms with Gasteiger partial charge in [0.15, 0.2) is 11.6 Å². The van der Waals surface area contributed by atoms with Crippen molar-refractivity contribution >= 4 is 27.5 Å². The Morgan fingerprint density at radius 1 is 1.28 bits per heavy atom. The fourth-order valence-electron chi connectivity index (χ4n) is 1.62. The van der Waals surface area contributed by atoms with Gasteiger partial charge in [-0.05, 0) is 34.5 Å². The third-order valence-electron chi connectivity index (χ3n) is 2.59. The molecule has 0 atom stereocenters. The van der Waals surface area contributed by atoms with Crippen LogP contribution in [0.4, 0.5) is 0 Å². The molecular weight excluding hydrogens is 316 g/mol. The van der Waals surface area contributed by atoms with Gasteiger partial charge in [0, 0.05) is 5.41 Å². The lowest BCUT2D eigenvalue weighted by molar-refractivity contribution is 0.553. The van der Waals surface area contributed by atoms with E-state index in [4.69, 9.17) is 16.0 Å². The minimum atomic E-state index is -0.124. The maximum Gasteiger partial charge on any atom is 0.197 e. The largest absolute Gasteiger partial charge is 0.461 e. The molecule has 0 saturated heterocycles. The quantitative estimate of drug-likeness (QED) is 0.708. The molecule has 2 rings (SSSR count). The summed E-state index contributed by atoms with van der Waals surface area (Å²) in [6.45, 7) is 8.19. The first kappa shape index (κ1) is 13.6. The Morgan fingerprint density at radius 2 is 1.94 bits per heavy atom. The van der Waals surface area contributed by atoms with Crippen molar-refractivity contribution in [3.8, 4) is 11.6 Å². The summed E-state index contributed by atoms with van der Waals surface area (Å²) in [6.07, 6.45) is 1.63. The van der Waals surface area contributed by atoms with Crippen molar-refractivity contribution in [1.29, 1.82) is 0 Å². The molecule has 0 fully saturated rings. The molecule has 0 N–H and O–H groups in total. The van der Waals surface area contributed by atoms with Crippen LogP contribution in [0.1, 0.15) is 32.0 Å². The van der Waals surface area contributed by atoms with Crippen molar-refractivity contribution < 1.29 is 4.42 Å². The minimum Gasteiger partial charge on any atom is -0.461 e. The van der Waals surface area contributed by atoms with Gasteiger partial charge in [0.2, 0.25) is 0 Å². The van der Waals surface area contributed by atoms with Crippen LogP contribution in [0.25, 0.3) is 11.6 Å². The van der Waals surface area contributed by atoms with Crippen molar-refractivity contribution in [3.63, 3.8) is 0 Å². The number of aromatic nitrogens is 2. The van der Waals surface area contributed by atoms with Crippen LogP contribution in [0.3, 0.4) is 0 Å². The second-order valence-electron chi connectivity index (χ2n) is 5.18. The van der Waals surface area contributed by atoms with Gasteiger partial charge in [-0.15, -0.1) is 0 Å². The van der Waals surface area contributed by atoms with E-state index in [2.05, 4.69) is 46.7 Å². The second-order valence-corrected chi connectivity index (χ2v) is 6.33. The monoisotopic (exact) mass is 328 g/mol. The van der Waals surface area contributed by atoms with E-state index in [-0.39, 0.29) is 5.41 Å². The molecule has 2 heterocycles. The molecule has 0 spiro atoms. The third kappa shape index (κ3) is 2.45. The number of halogens is 2. The SMILES string of the molecule is Cc1ccoc1-c1nc(Cl)c(Br)c(C(C)(C)C)n1. The number of aryl methyl sites for hydroxylation is 1. The maximum atomic E-state index is 6.15. The van der Waals surface area contributed by atoms with E-state index in [1.165, 1.54) is 0 Å². The molecule has 2 aromatic rings. The van der Waals surface area contributed by atoms with E-state index >= 15 is 0 Å². The Kier molecular flexibility index (Phi) is 3.52. The lowest BCUT2D eigenvalue weighted by atomic mass is 9.92. The lowest BCUT2D eigenvalue weighted by Crippen LogP contribution is -2.16. The average molecular weight is 330 g/mol. The zero-order chi connectivity index (χ0) is 13.5. The number of hydrogen-bond acceptors (Lipinski definition) is 3. The molecule has 96 valence electrons. The van der Waals surface area contributed by atoms with Gasteiger partial charge >= 0.3 is 0 Å². The molecule has 0 saturated carbocycles. The summed E-state index contributed by atoms with van der Waals surface area (Å²) in [5, 5.41) is 0.403. The van der Waals surface area contributed by atoms with E-state index in [0.717, 1.165) is 15.7 Å². The summed E-state index contributed by atoms with van der Waals surface area (Å²) in [5.74, 6) is 1.19. The average Bonchev–Trinajstić information content (AvgIpc) is 2.66. The van der Waals surface area contributed by atoms with E-state index < -0.39 is 0 Å². The molecule has 0 unspecified atom stereocenters. The van der Waals surface area contributed by atoms with E-state index in [0.29, 0.717) is 16.7 Å². The van der Waals surface area contributed by atoms with Gasteiger partial charge < -0.3 is 4.42 Å². The van der Waals surface area contributed by atoms with Gasteiger partial charge in [-0.25, -0.2) is 9.97 Å². The topological polar surface area (TPSA) is 38.9 Å². The molecule has 0 amide bonds. The summed E-state index contributed by atoms with van der Waals surface area (Å²) in [4.78, 5) is 8.84. The van der Waals surface area contributed by atoms with E-state index in [1.807, 2.05) is 13.0 Å². The van der Waals surface area contributed by atoms with Crippen molar-refractivity contribution in [2.24, 2.45) is 0 Å². The smallest absolute Gasteiger partial charge is 0.197 e. The van der Waals surface area contributed by atoms with Gasteiger partial charge in [-0.2, -0.15) is 0 Å². The van der Waals surface area contributed by atoms with Crippen LogP contribution < -0.4 is 0 Å². The highest BCUT2D eigenvalue weighted by molar-refractivity contribution is 9.10. The van der Waals surface area contributed by atoms with Gasteiger partial charge in [0.05, 0.1) is 16.4 Å². The predicted octanol–water partition coefficient (Wildman–Crippen LogP) is 4.76. The molecule has 0 radical (unpaired) electrons. The Bertz CT molecular complexity index is 587. The van der Waals surface area contributed by atoms with Crippen molar-refractivity contribution in [3.05, 3.63) is 33.2 Å². The van der Waals surface area contributed by atoms with Crippen molar-refractivity contribution in [2.45, 2.75) is 33.1 Å². The molecule has 0 aliphatic carbocycles. The Hall–Kier alpha value is -0.870.